The largest absolute Gasteiger partial charge is 0.481 e. The van der Waals surface area contributed by atoms with E-state index in [1.807, 2.05) is 18.2 Å². The molecule has 82 valence electrons. The summed E-state index contributed by atoms with van der Waals surface area (Å²) in [4.78, 5) is 4.38. The van der Waals surface area contributed by atoms with E-state index < -0.39 is 0 Å². The molecule has 0 saturated heterocycles. The first kappa shape index (κ1) is 11.0. The first-order valence-corrected chi connectivity index (χ1v) is 5.40. The topological polar surface area (TPSA) is 45.4 Å². The van der Waals surface area contributed by atoms with Crippen LogP contribution in [-0.2, 0) is 4.74 Å². The molecule has 1 aromatic rings. The van der Waals surface area contributed by atoms with Crippen LogP contribution in [0.15, 0.2) is 29.3 Å². The summed E-state index contributed by atoms with van der Waals surface area (Å²) >= 11 is 6.05. The van der Waals surface area contributed by atoms with E-state index in [1.54, 1.807) is 13.2 Å². The molecule has 2 atom stereocenters. The predicted molar refractivity (Wildman–Crippen MR) is 62.5 cm³/mol. The number of ether oxygens (including phenoxy) is 1. The normalized spacial score (nSPS) is 23.7. The van der Waals surface area contributed by atoms with Gasteiger partial charge in [0.2, 0.25) is 5.90 Å². The van der Waals surface area contributed by atoms with Crippen LogP contribution in [0.3, 0.4) is 0 Å². The molecule has 1 aromatic carbocycles. The monoisotopic (exact) mass is 234 g/mol. The molecule has 0 N–H and O–H groups in total. The molecular formula is C12H11ClN2O. The van der Waals surface area contributed by atoms with E-state index in [1.165, 1.54) is 0 Å². The maximum Gasteiger partial charge on any atom is 0.217 e. The Balaban J connectivity index is 2.24. The lowest BCUT2D eigenvalue weighted by molar-refractivity contribution is 0.402. The van der Waals surface area contributed by atoms with Crippen molar-refractivity contribution in [1.82, 2.24) is 0 Å². The molecule has 1 saturated carbocycles. The summed E-state index contributed by atoms with van der Waals surface area (Å²) in [5.74, 6) is 0.543. The molecule has 0 radical (unpaired) electrons. The number of methoxy groups -OCH3 is 1. The maximum absolute atomic E-state index is 8.70. The number of nitriles is 1. The van der Waals surface area contributed by atoms with Gasteiger partial charge in [0.15, 0.2) is 0 Å². The van der Waals surface area contributed by atoms with E-state index in [0.29, 0.717) is 10.9 Å². The van der Waals surface area contributed by atoms with Crippen molar-refractivity contribution in [3.8, 4) is 6.07 Å². The van der Waals surface area contributed by atoms with Crippen molar-refractivity contribution in [2.45, 2.75) is 12.5 Å². The van der Waals surface area contributed by atoms with Gasteiger partial charge in [-0.1, -0.05) is 23.7 Å². The zero-order valence-electron chi connectivity index (χ0n) is 8.85. The lowest BCUT2D eigenvalue weighted by atomic mass is 10.2. The Morgan fingerprint density at radius 1 is 1.56 bits per heavy atom. The van der Waals surface area contributed by atoms with Crippen molar-refractivity contribution < 1.29 is 4.74 Å². The van der Waals surface area contributed by atoms with Gasteiger partial charge in [-0.3, -0.25) is 0 Å². The van der Waals surface area contributed by atoms with Crippen molar-refractivity contribution in [2.75, 3.05) is 7.11 Å². The van der Waals surface area contributed by atoms with Crippen LogP contribution in [0.25, 0.3) is 0 Å². The molecule has 2 unspecified atom stereocenters. The number of rotatable bonds is 2. The third-order valence-electron chi connectivity index (χ3n) is 2.50. The number of halogens is 1. The van der Waals surface area contributed by atoms with E-state index in [-0.39, 0.29) is 12.0 Å². The van der Waals surface area contributed by atoms with Gasteiger partial charge in [0.25, 0.3) is 0 Å². The molecule has 1 fully saturated rings. The molecular weight excluding hydrogens is 224 g/mol. The third-order valence-corrected chi connectivity index (χ3v) is 2.83. The zero-order valence-corrected chi connectivity index (χ0v) is 9.61. The summed E-state index contributed by atoms with van der Waals surface area (Å²) in [6.07, 6.45) is 0.813. The molecule has 3 nitrogen and oxygen atoms in total. The summed E-state index contributed by atoms with van der Waals surface area (Å²) in [6.45, 7) is 0. The number of aliphatic imine (C=N–C) groups is 1. The number of hydrogen-bond donors (Lipinski definition) is 0. The van der Waals surface area contributed by atoms with Gasteiger partial charge >= 0.3 is 0 Å². The van der Waals surface area contributed by atoms with E-state index >= 15 is 0 Å². The van der Waals surface area contributed by atoms with E-state index in [2.05, 4.69) is 11.1 Å². The summed E-state index contributed by atoms with van der Waals surface area (Å²) in [7, 11) is 1.56. The van der Waals surface area contributed by atoms with Gasteiger partial charge in [-0.25, -0.2) is 4.99 Å². The van der Waals surface area contributed by atoms with Crippen LogP contribution in [0, 0.1) is 17.2 Å². The van der Waals surface area contributed by atoms with Gasteiger partial charge in [0.1, 0.15) is 0 Å². The quantitative estimate of drug-likeness (QED) is 0.583. The highest BCUT2D eigenvalue weighted by Crippen LogP contribution is 2.33. The number of hydrogen-bond acceptors (Lipinski definition) is 3. The second-order valence-electron chi connectivity index (χ2n) is 3.66. The Hall–Kier alpha value is -1.53. The highest BCUT2D eigenvalue weighted by atomic mass is 35.5. The van der Waals surface area contributed by atoms with Gasteiger partial charge in [0, 0.05) is 0 Å². The van der Waals surface area contributed by atoms with E-state index in [0.717, 1.165) is 12.0 Å². The molecule has 0 aliphatic heterocycles. The maximum atomic E-state index is 8.70. The number of benzene rings is 1. The van der Waals surface area contributed by atoms with E-state index in [9.17, 15) is 0 Å². The number of nitrogens with zero attached hydrogens (tertiary/aromatic N) is 2. The first-order valence-electron chi connectivity index (χ1n) is 5.02. The fraction of sp³-hybridized carbons (Fsp3) is 0.333. The molecule has 16 heavy (non-hydrogen) atoms. The fourth-order valence-electron chi connectivity index (χ4n) is 1.48. The molecule has 0 amide bonds. The molecule has 0 heterocycles. The predicted octanol–water partition coefficient (Wildman–Crippen LogP) is 2.65. The molecule has 0 spiro atoms. The summed E-state index contributed by atoms with van der Waals surface area (Å²) in [6, 6.07) is 9.64. The van der Waals surface area contributed by atoms with E-state index in [4.69, 9.17) is 21.6 Å². The summed E-state index contributed by atoms with van der Waals surface area (Å²) < 4.78 is 5.22. The zero-order chi connectivity index (χ0) is 11.5. The van der Waals surface area contributed by atoms with Crippen LogP contribution < -0.4 is 0 Å². The minimum atomic E-state index is 0.0348. The molecule has 0 bridgehead atoms. The van der Waals surface area contributed by atoms with Crippen molar-refractivity contribution >= 4 is 17.5 Å². The van der Waals surface area contributed by atoms with Gasteiger partial charge in [-0.05, 0) is 18.6 Å². The minimum absolute atomic E-state index is 0.0348. The standard InChI is InChI=1S/C12H11ClN2O/c1-16-12(15-11-6-8(11)7-14)9-4-2-3-5-10(9)13/h2-5,8,11H,6H2,1H3. The second-order valence-corrected chi connectivity index (χ2v) is 4.06. The van der Waals surface area contributed by atoms with Crippen LogP contribution in [0.5, 0.6) is 0 Å². The van der Waals surface area contributed by atoms with Crippen LogP contribution in [-0.4, -0.2) is 19.0 Å². The van der Waals surface area contributed by atoms with Crippen LogP contribution in [0.2, 0.25) is 5.02 Å². The Bertz CT molecular complexity index is 464. The highest BCUT2D eigenvalue weighted by molar-refractivity contribution is 6.33. The van der Waals surface area contributed by atoms with Crippen molar-refractivity contribution in [1.29, 1.82) is 5.26 Å². The highest BCUT2D eigenvalue weighted by Gasteiger charge is 2.38. The SMILES string of the molecule is COC(=NC1CC1C#N)c1ccccc1Cl. The van der Waals surface area contributed by atoms with Crippen LogP contribution in [0.1, 0.15) is 12.0 Å². The average Bonchev–Trinajstić information content (AvgIpc) is 3.05. The molecule has 1 aliphatic rings. The summed E-state index contributed by atoms with van der Waals surface area (Å²) in [5.41, 5.74) is 0.773. The molecule has 0 aromatic heterocycles. The first-order chi connectivity index (χ1) is 7.76. The fourth-order valence-corrected chi connectivity index (χ4v) is 1.70. The van der Waals surface area contributed by atoms with Crippen LogP contribution >= 0.6 is 11.6 Å². The van der Waals surface area contributed by atoms with Gasteiger partial charge in [0.05, 0.1) is 35.7 Å². The minimum Gasteiger partial charge on any atom is -0.481 e. The third kappa shape index (κ3) is 2.17. The Morgan fingerprint density at radius 3 is 2.88 bits per heavy atom. The Labute approximate surface area is 99.3 Å². The van der Waals surface area contributed by atoms with Gasteiger partial charge in [-0.15, -0.1) is 0 Å². The lowest BCUT2D eigenvalue weighted by Gasteiger charge is -2.06. The van der Waals surface area contributed by atoms with Crippen molar-refractivity contribution in [3.05, 3.63) is 34.9 Å². The molecule has 1 aliphatic carbocycles. The van der Waals surface area contributed by atoms with Crippen molar-refractivity contribution in [3.63, 3.8) is 0 Å². The van der Waals surface area contributed by atoms with Gasteiger partial charge in [-0.2, -0.15) is 5.26 Å². The van der Waals surface area contributed by atoms with Crippen LogP contribution in [0.4, 0.5) is 0 Å². The molecule has 2 rings (SSSR count). The summed E-state index contributed by atoms with van der Waals surface area (Å²) in [5, 5.41) is 9.31. The Kier molecular flexibility index (Phi) is 3.12. The average molecular weight is 235 g/mol. The Morgan fingerprint density at radius 2 is 2.31 bits per heavy atom. The molecule has 4 heteroatoms. The smallest absolute Gasteiger partial charge is 0.217 e. The lowest BCUT2D eigenvalue weighted by Crippen LogP contribution is -2.06. The van der Waals surface area contributed by atoms with Crippen molar-refractivity contribution in [2.24, 2.45) is 10.9 Å². The second kappa shape index (κ2) is 4.54. The van der Waals surface area contributed by atoms with Gasteiger partial charge < -0.3 is 4.74 Å².